The lowest BCUT2D eigenvalue weighted by Crippen LogP contribution is -2.46. The molecule has 4 rings (SSSR count). The summed E-state index contributed by atoms with van der Waals surface area (Å²) in [6.07, 6.45) is 0.706. The van der Waals surface area contributed by atoms with Crippen LogP contribution in [0.4, 0.5) is 5.69 Å². The number of ether oxygens (including phenoxy) is 3. The molecule has 31 heavy (non-hydrogen) atoms. The van der Waals surface area contributed by atoms with Crippen molar-refractivity contribution in [3.8, 4) is 0 Å². The van der Waals surface area contributed by atoms with E-state index in [2.05, 4.69) is 17.4 Å². The zero-order valence-corrected chi connectivity index (χ0v) is 17.7. The van der Waals surface area contributed by atoms with Gasteiger partial charge in [0, 0.05) is 32.6 Å². The first-order chi connectivity index (χ1) is 14.9. The summed E-state index contributed by atoms with van der Waals surface area (Å²) in [5.74, 6) is -2.31. The number of para-hydroxylation sites is 1. The van der Waals surface area contributed by atoms with Crippen LogP contribution < -0.4 is 5.32 Å². The van der Waals surface area contributed by atoms with Gasteiger partial charge in [0.15, 0.2) is 5.57 Å². The van der Waals surface area contributed by atoms with Crippen molar-refractivity contribution in [2.24, 2.45) is 0 Å². The summed E-state index contributed by atoms with van der Waals surface area (Å²) in [6, 6.07) is 18.0. The molecule has 1 N–H and O–H groups in total. The van der Waals surface area contributed by atoms with Crippen LogP contribution in [0.25, 0.3) is 0 Å². The van der Waals surface area contributed by atoms with Gasteiger partial charge in [-0.15, -0.1) is 0 Å². The van der Waals surface area contributed by atoms with Gasteiger partial charge in [0.1, 0.15) is 5.82 Å². The average Bonchev–Trinajstić information content (AvgIpc) is 2.74. The largest absolute Gasteiger partial charge is 0.419 e. The van der Waals surface area contributed by atoms with Crippen molar-refractivity contribution in [2.75, 3.05) is 31.6 Å². The normalized spacial score (nSPS) is 18.3. The molecule has 7 nitrogen and oxygen atoms in total. The van der Waals surface area contributed by atoms with Crippen LogP contribution in [0.2, 0.25) is 0 Å². The lowest BCUT2D eigenvalue weighted by Gasteiger charge is -2.36. The average molecular weight is 422 g/mol. The first-order valence-corrected chi connectivity index (χ1v) is 10.4. The van der Waals surface area contributed by atoms with Crippen molar-refractivity contribution in [1.82, 2.24) is 4.90 Å². The fraction of sp³-hybridized carbons (Fsp3) is 0.333. The molecule has 2 aromatic rings. The Bertz CT molecular complexity index is 972. The number of hydrogen-bond donors (Lipinski definition) is 1. The Kier molecular flexibility index (Phi) is 5.95. The second-order valence-electron chi connectivity index (χ2n) is 7.95. The van der Waals surface area contributed by atoms with E-state index in [0.717, 1.165) is 16.8 Å². The van der Waals surface area contributed by atoms with Crippen LogP contribution in [0.1, 0.15) is 25.0 Å². The molecule has 2 aromatic carbocycles. The Morgan fingerprint density at radius 1 is 0.935 bits per heavy atom. The van der Waals surface area contributed by atoms with Crippen molar-refractivity contribution in [3.63, 3.8) is 0 Å². The predicted octanol–water partition coefficient (Wildman–Crippen LogP) is 3.07. The summed E-state index contributed by atoms with van der Waals surface area (Å²) in [4.78, 5) is 27.5. The molecular weight excluding hydrogens is 396 g/mol. The summed E-state index contributed by atoms with van der Waals surface area (Å²) < 4.78 is 16.2. The Morgan fingerprint density at radius 3 is 2.23 bits per heavy atom. The van der Waals surface area contributed by atoms with Gasteiger partial charge in [-0.05, 0) is 23.6 Å². The van der Waals surface area contributed by atoms with Crippen LogP contribution >= 0.6 is 0 Å². The summed E-state index contributed by atoms with van der Waals surface area (Å²) in [7, 11) is 0. The maximum atomic E-state index is 12.8. The van der Waals surface area contributed by atoms with Crippen LogP contribution in [0.3, 0.4) is 0 Å². The Balaban J connectivity index is 1.71. The molecule has 2 saturated heterocycles. The van der Waals surface area contributed by atoms with E-state index in [1.807, 2.05) is 47.4 Å². The van der Waals surface area contributed by atoms with Crippen molar-refractivity contribution in [1.29, 1.82) is 0 Å². The van der Waals surface area contributed by atoms with E-state index in [4.69, 9.17) is 14.2 Å². The van der Waals surface area contributed by atoms with Crippen molar-refractivity contribution in [3.05, 3.63) is 77.1 Å². The topological polar surface area (TPSA) is 77.1 Å². The second kappa shape index (κ2) is 8.81. The number of rotatable bonds is 5. The van der Waals surface area contributed by atoms with Gasteiger partial charge in [0.05, 0.1) is 13.2 Å². The van der Waals surface area contributed by atoms with Crippen molar-refractivity contribution < 1.29 is 23.8 Å². The number of nitrogens with zero attached hydrogens (tertiary/aromatic N) is 1. The third-order valence-electron chi connectivity index (χ3n) is 5.16. The molecule has 2 heterocycles. The molecule has 2 fully saturated rings. The molecule has 0 unspecified atom stereocenters. The maximum Gasteiger partial charge on any atom is 0.352 e. The number of carbonyl (C=O) groups is 2. The third-order valence-corrected chi connectivity index (χ3v) is 5.16. The van der Waals surface area contributed by atoms with Crippen LogP contribution in [0.15, 0.2) is 66.0 Å². The monoisotopic (exact) mass is 422 g/mol. The summed E-state index contributed by atoms with van der Waals surface area (Å²) in [6.45, 7) is 5.15. The van der Waals surface area contributed by atoms with E-state index in [1.54, 1.807) is 0 Å². The van der Waals surface area contributed by atoms with Crippen LogP contribution in [0, 0.1) is 0 Å². The molecular formula is C24H26N2O5. The van der Waals surface area contributed by atoms with Gasteiger partial charge in [-0.3, -0.25) is 0 Å². The van der Waals surface area contributed by atoms with Crippen molar-refractivity contribution >= 4 is 17.6 Å². The smallest absolute Gasteiger partial charge is 0.352 e. The zero-order chi connectivity index (χ0) is 21.8. The SMILES string of the molecule is CC1(C)OC(=O)C(=C(Nc2ccccc2Cc2ccccc2)N2CCOCC2)C(=O)O1. The highest BCUT2D eigenvalue weighted by Gasteiger charge is 2.42. The fourth-order valence-electron chi connectivity index (χ4n) is 3.67. The number of hydrogen-bond acceptors (Lipinski definition) is 7. The van der Waals surface area contributed by atoms with Gasteiger partial charge in [-0.1, -0.05) is 48.5 Å². The minimum atomic E-state index is -1.29. The highest BCUT2D eigenvalue weighted by Crippen LogP contribution is 2.29. The molecule has 0 atom stereocenters. The first-order valence-electron chi connectivity index (χ1n) is 10.4. The minimum Gasteiger partial charge on any atom is -0.419 e. The summed E-state index contributed by atoms with van der Waals surface area (Å²) in [5.41, 5.74) is 2.88. The van der Waals surface area contributed by atoms with E-state index in [0.29, 0.717) is 38.5 Å². The quantitative estimate of drug-likeness (QED) is 0.451. The number of carbonyl (C=O) groups excluding carboxylic acids is 2. The minimum absolute atomic E-state index is 0.129. The molecule has 0 aliphatic carbocycles. The number of nitrogens with one attached hydrogen (secondary N) is 1. The van der Waals surface area contributed by atoms with Crippen LogP contribution in [-0.4, -0.2) is 48.9 Å². The van der Waals surface area contributed by atoms with Gasteiger partial charge in [0.2, 0.25) is 0 Å². The lowest BCUT2D eigenvalue weighted by molar-refractivity contribution is -0.222. The molecule has 0 bridgehead atoms. The highest BCUT2D eigenvalue weighted by molar-refractivity contribution is 6.16. The number of cyclic esters (lactones) is 2. The fourth-order valence-corrected chi connectivity index (χ4v) is 3.67. The van der Waals surface area contributed by atoms with Gasteiger partial charge in [0.25, 0.3) is 5.79 Å². The standard InChI is InChI=1S/C24H26N2O5/c1-24(2)30-22(27)20(23(28)31-24)21(26-12-14-29-15-13-26)25-19-11-7-6-10-18(19)16-17-8-4-3-5-9-17/h3-11,25H,12-16H2,1-2H3. The molecule has 7 heteroatoms. The molecule has 0 amide bonds. The van der Waals surface area contributed by atoms with Gasteiger partial charge in [-0.25, -0.2) is 9.59 Å². The van der Waals surface area contributed by atoms with Crippen molar-refractivity contribution in [2.45, 2.75) is 26.1 Å². The molecule has 0 radical (unpaired) electrons. The van der Waals surface area contributed by atoms with E-state index in [9.17, 15) is 9.59 Å². The second-order valence-corrected chi connectivity index (χ2v) is 7.95. The Labute approximate surface area is 181 Å². The summed E-state index contributed by atoms with van der Waals surface area (Å²) >= 11 is 0. The number of esters is 2. The van der Waals surface area contributed by atoms with Gasteiger partial charge < -0.3 is 24.4 Å². The number of morpholine rings is 1. The number of anilines is 1. The van der Waals surface area contributed by atoms with E-state index in [1.165, 1.54) is 13.8 Å². The maximum absolute atomic E-state index is 12.8. The van der Waals surface area contributed by atoms with Crippen LogP contribution in [-0.2, 0) is 30.2 Å². The summed E-state index contributed by atoms with van der Waals surface area (Å²) in [5, 5.41) is 3.34. The number of benzene rings is 2. The third kappa shape index (κ3) is 4.88. The molecule has 0 spiro atoms. The first kappa shape index (κ1) is 20.9. The Morgan fingerprint density at radius 2 is 1.55 bits per heavy atom. The predicted molar refractivity (Wildman–Crippen MR) is 115 cm³/mol. The molecule has 2 aliphatic rings. The zero-order valence-electron chi connectivity index (χ0n) is 17.7. The molecule has 2 aliphatic heterocycles. The van der Waals surface area contributed by atoms with Gasteiger partial charge in [-0.2, -0.15) is 0 Å². The van der Waals surface area contributed by atoms with E-state index < -0.39 is 17.7 Å². The van der Waals surface area contributed by atoms with Crippen LogP contribution in [0.5, 0.6) is 0 Å². The Hall–Kier alpha value is -3.32. The van der Waals surface area contributed by atoms with Gasteiger partial charge >= 0.3 is 11.9 Å². The molecule has 0 saturated carbocycles. The van der Waals surface area contributed by atoms with E-state index in [-0.39, 0.29) is 5.57 Å². The molecule has 162 valence electrons. The van der Waals surface area contributed by atoms with E-state index >= 15 is 0 Å². The highest BCUT2D eigenvalue weighted by atomic mass is 16.7. The molecule has 0 aromatic heterocycles. The lowest BCUT2D eigenvalue weighted by atomic mass is 10.0.